The molecule has 0 radical (unpaired) electrons. The summed E-state index contributed by atoms with van der Waals surface area (Å²) in [6.45, 7) is 14.5. The van der Waals surface area contributed by atoms with Crippen LogP contribution in [0.1, 0.15) is 125 Å². The third-order valence-corrected chi connectivity index (χ3v) is 15.2. The molecule has 0 heterocycles. The Morgan fingerprint density at radius 2 is 1.11 bits per heavy atom. The molecule has 7 N–H and O–H groups in total. The molecule has 16 atom stereocenters. The van der Waals surface area contributed by atoms with Crippen LogP contribution in [0.4, 0.5) is 0 Å². The highest BCUT2D eigenvalue weighted by atomic mass is 16.3. The molecule has 4 saturated carbocycles. The van der Waals surface area contributed by atoms with Gasteiger partial charge in [0.1, 0.15) is 0 Å². The molecule has 0 aromatic carbocycles. The summed E-state index contributed by atoms with van der Waals surface area (Å²) in [6, 6.07) is 0. The van der Waals surface area contributed by atoms with Crippen molar-refractivity contribution in [1.29, 1.82) is 0 Å². The van der Waals surface area contributed by atoms with Crippen molar-refractivity contribution < 1.29 is 35.7 Å². The minimum atomic E-state index is -1.03. The molecule has 4 aliphatic carbocycles. The molecule has 4 fully saturated rings. The zero-order valence-electron chi connectivity index (χ0n) is 30.2. The number of hydrogen-bond acceptors (Lipinski definition) is 7. The fourth-order valence-electron chi connectivity index (χ4n) is 13.1. The average molecular weight is 653 g/mol. The molecule has 46 heavy (non-hydrogen) atoms. The van der Waals surface area contributed by atoms with Crippen LogP contribution in [-0.4, -0.2) is 80.0 Å². The third-order valence-electron chi connectivity index (χ3n) is 15.2. The van der Waals surface area contributed by atoms with Crippen LogP contribution in [0.25, 0.3) is 0 Å². The van der Waals surface area contributed by atoms with Crippen molar-refractivity contribution in [2.75, 3.05) is 26.4 Å². The van der Waals surface area contributed by atoms with Crippen molar-refractivity contribution in [3.63, 3.8) is 0 Å². The van der Waals surface area contributed by atoms with Crippen molar-refractivity contribution in [2.45, 2.75) is 143 Å². The Labute approximate surface area is 280 Å². The first kappa shape index (κ1) is 38.5. The summed E-state index contributed by atoms with van der Waals surface area (Å²) in [4.78, 5) is 0. The van der Waals surface area contributed by atoms with Crippen LogP contribution in [0.3, 0.4) is 0 Å². The molecule has 0 spiro atoms. The number of aliphatic hydroxyl groups is 7. The molecule has 11 unspecified atom stereocenters. The average Bonchev–Trinajstić information content (AvgIpc) is 3.26. The maximum absolute atomic E-state index is 13.2. The van der Waals surface area contributed by atoms with Crippen LogP contribution in [0.15, 0.2) is 0 Å². The first-order chi connectivity index (χ1) is 21.8. The molecule has 4 aliphatic rings. The van der Waals surface area contributed by atoms with Gasteiger partial charge in [-0.25, -0.2) is 0 Å². The number of rotatable bonds is 16. The van der Waals surface area contributed by atoms with Crippen LogP contribution in [-0.2, 0) is 0 Å². The van der Waals surface area contributed by atoms with Gasteiger partial charge in [0, 0.05) is 32.8 Å². The van der Waals surface area contributed by atoms with Gasteiger partial charge < -0.3 is 35.7 Å². The Balaban J connectivity index is 1.95. The Bertz CT molecular complexity index is 947. The topological polar surface area (TPSA) is 142 Å². The predicted octanol–water partition coefficient (Wildman–Crippen LogP) is 5.40. The lowest BCUT2D eigenvalue weighted by atomic mass is 9.35. The van der Waals surface area contributed by atoms with Gasteiger partial charge in [0.15, 0.2) is 0 Å². The zero-order valence-corrected chi connectivity index (χ0v) is 30.2. The molecule has 0 amide bonds. The van der Waals surface area contributed by atoms with E-state index in [0.717, 1.165) is 57.8 Å². The van der Waals surface area contributed by atoms with E-state index in [9.17, 15) is 35.7 Å². The molecular formula is C39H72O7. The van der Waals surface area contributed by atoms with Gasteiger partial charge in [-0.3, -0.25) is 0 Å². The predicted molar refractivity (Wildman–Crippen MR) is 183 cm³/mol. The molecule has 270 valence electrons. The Kier molecular flexibility index (Phi) is 13.2. The van der Waals surface area contributed by atoms with E-state index in [0.29, 0.717) is 31.6 Å². The monoisotopic (exact) mass is 653 g/mol. The standard InChI is InChI=1S/C39H72O7/c1-24(11-7-19-40)30-32(26(3)13-9-21-42)36(45)37(5)17-16-29-33(35(30)37)31(25(2)12-8-20-41)34(27(4)14-10-22-43)39(46)23-28(44)15-18-38(29,39)6/h24-36,40-46H,7-23H2,1-6H3/t24?,25?,26?,27?,28?,29-,30?,31?,32?,33+,34?,35+,36?,37+,38-,39?/m1/s1. The first-order valence-corrected chi connectivity index (χ1v) is 19.3. The van der Waals surface area contributed by atoms with E-state index in [1.807, 2.05) is 0 Å². The fourth-order valence-corrected chi connectivity index (χ4v) is 13.1. The second-order valence-electron chi connectivity index (χ2n) is 17.6. The molecule has 0 aromatic heterocycles. The second kappa shape index (κ2) is 15.7. The first-order valence-electron chi connectivity index (χ1n) is 19.3. The summed E-state index contributed by atoms with van der Waals surface area (Å²) >= 11 is 0. The summed E-state index contributed by atoms with van der Waals surface area (Å²) in [5.74, 6) is 2.21. The van der Waals surface area contributed by atoms with Crippen LogP contribution in [0.2, 0.25) is 0 Å². The lowest BCUT2D eigenvalue weighted by molar-refractivity contribution is -0.287. The second-order valence-corrected chi connectivity index (χ2v) is 17.6. The molecule has 7 nitrogen and oxygen atoms in total. The number of hydrogen-bond donors (Lipinski definition) is 7. The van der Waals surface area contributed by atoms with E-state index in [4.69, 9.17) is 0 Å². The minimum Gasteiger partial charge on any atom is -0.396 e. The SMILES string of the molecule is CC(CCCO)C1C(C(C)CCCO)[C@H]2[C@@H]3C(C(C)CCCO)C(C(C)CCCO)C4(O)CC(O)CC[C@]4(C)[C@@H]3CC[C@]2(C)C1O. The summed E-state index contributed by atoms with van der Waals surface area (Å²) in [7, 11) is 0. The smallest absolute Gasteiger partial charge is 0.0761 e. The van der Waals surface area contributed by atoms with Crippen molar-refractivity contribution in [3.8, 4) is 0 Å². The molecule has 0 bridgehead atoms. The van der Waals surface area contributed by atoms with Gasteiger partial charge in [-0.2, -0.15) is 0 Å². The zero-order chi connectivity index (χ0) is 34.0. The molecule has 0 aliphatic heterocycles. The lowest BCUT2D eigenvalue weighted by Gasteiger charge is -2.71. The van der Waals surface area contributed by atoms with Crippen molar-refractivity contribution in [1.82, 2.24) is 0 Å². The highest BCUT2D eigenvalue weighted by Gasteiger charge is 2.73. The molecular weight excluding hydrogens is 580 g/mol. The van der Waals surface area contributed by atoms with Gasteiger partial charge in [-0.05, 0) is 153 Å². The molecule has 4 rings (SSSR count). The number of fused-ring (bicyclic) bond motifs is 5. The maximum Gasteiger partial charge on any atom is 0.0761 e. The Morgan fingerprint density at radius 1 is 0.630 bits per heavy atom. The van der Waals surface area contributed by atoms with Gasteiger partial charge in [0.25, 0.3) is 0 Å². The van der Waals surface area contributed by atoms with Gasteiger partial charge in [-0.1, -0.05) is 41.5 Å². The van der Waals surface area contributed by atoms with Gasteiger partial charge >= 0.3 is 0 Å². The largest absolute Gasteiger partial charge is 0.396 e. The van der Waals surface area contributed by atoms with E-state index in [-0.39, 0.29) is 96.4 Å². The van der Waals surface area contributed by atoms with Crippen LogP contribution < -0.4 is 0 Å². The van der Waals surface area contributed by atoms with Crippen molar-refractivity contribution in [3.05, 3.63) is 0 Å². The van der Waals surface area contributed by atoms with Crippen LogP contribution in [0, 0.1) is 75.9 Å². The van der Waals surface area contributed by atoms with Gasteiger partial charge in [-0.15, -0.1) is 0 Å². The van der Waals surface area contributed by atoms with E-state index in [1.54, 1.807) is 0 Å². The van der Waals surface area contributed by atoms with E-state index in [2.05, 4.69) is 41.5 Å². The summed E-state index contributed by atoms with van der Waals surface area (Å²) < 4.78 is 0. The molecule has 7 heteroatoms. The Morgan fingerprint density at radius 3 is 1.63 bits per heavy atom. The highest BCUT2D eigenvalue weighted by Crippen LogP contribution is 2.74. The van der Waals surface area contributed by atoms with Gasteiger partial charge in [0.2, 0.25) is 0 Å². The summed E-state index contributed by atoms with van der Waals surface area (Å²) in [5, 5.41) is 76.4. The number of aliphatic hydroxyl groups excluding tert-OH is 6. The summed E-state index contributed by atoms with van der Waals surface area (Å²) in [5.41, 5.74) is -1.67. The maximum atomic E-state index is 13.2. The summed E-state index contributed by atoms with van der Waals surface area (Å²) in [6.07, 6.45) is 9.14. The fraction of sp³-hybridized carbons (Fsp3) is 1.00. The van der Waals surface area contributed by atoms with E-state index < -0.39 is 17.8 Å². The van der Waals surface area contributed by atoms with E-state index in [1.165, 1.54) is 0 Å². The molecule has 0 aromatic rings. The van der Waals surface area contributed by atoms with Crippen molar-refractivity contribution in [2.24, 2.45) is 75.9 Å². The van der Waals surface area contributed by atoms with Crippen LogP contribution in [0.5, 0.6) is 0 Å². The lowest BCUT2D eigenvalue weighted by Crippen LogP contribution is -2.71. The quantitative estimate of drug-likeness (QED) is 0.118. The van der Waals surface area contributed by atoms with E-state index >= 15 is 0 Å². The van der Waals surface area contributed by atoms with Crippen molar-refractivity contribution >= 4 is 0 Å². The third kappa shape index (κ3) is 6.63. The van der Waals surface area contributed by atoms with Gasteiger partial charge in [0.05, 0.1) is 17.8 Å². The minimum absolute atomic E-state index is 0.0623. The molecule has 0 saturated heterocycles. The normalized spacial score (nSPS) is 44.9. The Hall–Kier alpha value is -0.280. The van der Waals surface area contributed by atoms with Crippen LogP contribution >= 0.6 is 0 Å². The highest BCUT2D eigenvalue weighted by molar-refractivity contribution is 5.22.